The zero-order valence-electron chi connectivity index (χ0n) is 23.2. The molecule has 13 heteroatoms. The Kier molecular flexibility index (Phi) is 7.92. The normalized spacial score (nSPS) is 22.3. The van der Waals surface area contributed by atoms with Crippen LogP contribution in [-0.2, 0) is 25.2 Å². The molecule has 0 saturated carbocycles. The van der Waals surface area contributed by atoms with Gasteiger partial charge in [0.1, 0.15) is 16.4 Å². The van der Waals surface area contributed by atoms with E-state index < -0.39 is 33.6 Å². The van der Waals surface area contributed by atoms with E-state index in [1.54, 1.807) is 43.3 Å². The van der Waals surface area contributed by atoms with E-state index in [1.165, 1.54) is 55.5 Å². The number of hydrogen-bond donors (Lipinski definition) is 1. The van der Waals surface area contributed by atoms with Gasteiger partial charge in [-0.25, -0.2) is 12.7 Å². The molecule has 222 valence electrons. The number of methoxy groups -OCH3 is 2. The maximum atomic E-state index is 15.1. The van der Waals surface area contributed by atoms with Gasteiger partial charge in [0, 0.05) is 47.9 Å². The first kappa shape index (κ1) is 30.1. The van der Waals surface area contributed by atoms with Crippen LogP contribution in [0.5, 0.6) is 11.5 Å². The molecule has 5 rings (SSSR count). The number of anilines is 1. The number of rotatable bonds is 7. The van der Waals surface area contributed by atoms with Crippen LogP contribution in [-0.4, -0.2) is 82.1 Å². The van der Waals surface area contributed by atoms with Crippen LogP contribution in [0.25, 0.3) is 0 Å². The summed E-state index contributed by atoms with van der Waals surface area (Å²) in [4.78, 5) is 31.2. The van der Waals surface area contributed by atoms with Gasteiger partial charge in [0.05, 0.1) is 32.1 Å². The predicted molar refractivity (Wildman–Crippen MR) is 158 cm³/mol. The first-order valence-electron chi connectivity index (χ1n) is 12.9. The second-order valence-electron chi connectivity index (χ2n) is 10.2. The highest BCUT2D eigenvalue weighted by atomic mass is 35.5. The fraction of sp³-hybridized carbons (Fsp3) is 0.310. The molecule has 0 aliphatic carbocycles. The number of fused-ring (bicyclic) bond motifs is 1. The summed E-state index contributed by atoms with van der Waals surface area (Å²) in [6.45, 7) is -0.118. The van der Waals surface area contributed by atoms with Crippen molar-refractivity contribution >= 4 is 50.7 Å². The van der Waals surface area contributed by atoms with E-state index in [1.807, 2.05) is 0 Å². The second kappa shape index (κ2) is 11.1. The number of hydrogen-bond acceptors (Lipinski definition) is 8. The summed E-state index contributed by atoms with van der Waals surface area (Å²) in [5.74, 6) is -0.957. The Morgan fingerprint density at radius 2 is 1.74 bits per heavy atom. The monoisotopic (exact) mass is 633 g/mol. The number of benzene rings is 3. The molecule has 42 heavy (non-hydrogen) atoms. The number of nitrogens with zero attached hydrogens (tertiary/aromatic N) is 3. The molecule has 1 N–H and O–H groups in total. The van der Waals surface area contributed by atoms with Gasteiger partial charge >= 0.3 is 0 Å². The highest BCUT2D eigenvalue weighted by molar-refractivity contribution is 7.93. The summed E-state index contributed by atoms with van der Waals surface area (Å²) in [6, 6.07) is 14.1. The number of aliphatic hydroxyl groups excluding tert-OH is 1. The van der Waals surface area contributed by atoms with Crippen LogP contribution in [0.15, 0.2) is 65.6 Å². The third kappa shape index (κ3) is 4.51. The van der Waals surface area contributed by atoms with E-state index >= 15 is 4.79 Å². The van der Waals surface area contributed by atoms with Crippen LogP contribution < -0.4 is 13.8 Å². The molecule has 3 aromatic rings. The highest BCUT2D eigenvalue weighted by Gasteiger charge is 2.63. The topological polar surface area (TPSA) is 117 Å². The summed E-state index contributed by atoms with van der Waals surface area (Å²) in [5, 5.41) is 11.3. The van der Waals surface area contributed by atoms with Gasteiger partial charge in [-0.15, -0.1) is 0 Å². The quantitative estimate of drug-likeness (QED) is 0.420. The maximum Gasteiger partial charge on any atom is 0.274 e. The van der Waals surface area contributed by atoms with Crippen LogP contribution in [0, 0.1) is 0 Å². The first-order chi connectivity index (χ1) is 19.9. The van der Waals surface area contributed by atoms with Crippen molar-refractivity contribution in [2.24, 2.45) is 0 Å². The number of likely N-dealkylation sites (tertiary alicyclic amines) is 1. The van der Waals surface area contributed by atoms with Crippen LogP contribution in [0.1, 0.15) is 17.5 Å². The average Bonchev–Trinajstić information content (AvgIpc) is 3.47. The molecular weight excluding hydrogens is 605 g/mol. The van der Waals surface area contributed by atoms with Gasteiger partial charge in [0.2, 0.25) is 5.91 Å². The fourth-order valence-electron chi connectivity index (χ4n) is 5.84. The SMILES string of the molecule is COc1ccc(S(=O)(=O)N2C(=O)[C@@](c3ccccc3Cl)(N3C[C@H](O)C[C@H]3C(=O)N(C)C)c3cc(Cl)ccc32)c(OC)c1. The van der Waals surface area contributed by atoms with Crippen molar-refractivity contribution in [2.75, 3.05) is 39.2 Å². The van der Waals surface area contributed by atoms with Gasteiger partial charge in [-0.2, -0.15) is 0 Å². The molecular formula is C29H29Cl2N3O7S. The van der Waals surface area contributed by atoms with Gasteiger partial charge in [-0.1, -0.05) is 41.4 Å². The zero-order chi connectivity index (χ0) is 30.6. The van der Waals surface area contributed by atoms with Crippen LogP contribution in [0.3, 0.4) is 0 Å². The van der Waals surface area contributed by atoms with Gasteiger partial charge in [-0.05, 0) is 42.8 Å². The largest absolute Gasteiger partial charge is 0.497 e. The van der Waals surface area contributed by atoms with Crippen molar-refractivity contribution in [1.82, 2.24) is 9.80 Å². The number of β-amino-alcohol motifs (C(OH)–C–C–N with tert-alkyl or cyclic N) is 1. The van der Waals surface area contributed by atoms with E-state index in [0.29, 0.717) is 10.1 Å². The number of halogens is 2. The Bertz CT molecular complexity index is 1680. The third-order valence-corrected chi connectivity index (χ3v) is 9.95. The number of amides is 2. The van der Waals surface area contributed by atoms with Gasteiger partial charge in [-0.3, -0.25) is 14.5 Å². The molecule has 2 aliphatic rings. The Morgan fingerprint density at radius 1 is 1.02 bits per heavy atom. The Hall–Kier alpha value is -3.35. The lowest BCUT2D eigenvalue weighted by Gasteiger charge is -2.41. The molecule has 1 saturated heterocycles. The molecule has 2 heterocycles. The summed E-state index contributed by atoms with van der Waals surface area (Å²) in [7, 11) is 1.24. The van der Waals surface area contributed by atoms with Gasteiger partial charge in [0.25, 0.3) is 15.9 Å². The molecule has 1 fully saturated rings. The zero-order valence-corrected chi connectivity index (χ0v) is 25.6. The Morgan fingerprint density at radius 3 is 2.38 bits per heavy atom. The second-order valence-corrected chi connectivity index (χ2v) is 12.8. The van der Waals surface area contributed by atoms with Crippen LogP contribution in [0.4, 0.5) is 5.69 Å². The van der Waals surface area contributed by atoms with Gasteiger partial charge < -0.3 is 19.5 Å². The third-order valence-electron chi connectivity index (χ3n) is 7.65. The van der Waals surface area contributed by atoms with E-state index in [0.717, 1.165) is 0 Å². The minimum Gasteiger partial charge on any atom is -0.497 e. The molecule has 10 nitrogen and oxygen atoms in total. The number of carbonyl (C=O) groups is 2. The molecule has 0 radical (unpaired) electrons. The van der Waals surface area contributed by atoms with Crippen molar-refractivity contribution in [3.63, 3.8) is 0 Å². The van der Waals surface area contributed by atoms with Gasteiger partial charge in [0.15, 0.2) is 5.54 Å². The van der Waals surface area contributed by atoms with E-state index in [9.17, 15) is 18.3 Å². The highest BCUT2D eigenvalue weighted by Crippen LogP contribution is 2.54. The van der Waals surface area contributed by atoms with Crippen molar-refractivity contribution in [1.29, 1.82) is 0 Å². The van der Waals surface area contributed by atoms with Crippen molar-refractivity contribution in [3.05, 3.63) is 81.8 Å². The van der Waals surface area contributed by atoms with E-state index in [-0.39, 0.29) is 56.4 Å². The molecule has 3 aromatic carbocycles. The molecule has 2 aliphatic heterocycles. The summed E-state index contributed by atoms with van der Waals surface area (Å²) < 4.78 is 40.2. The number of carbonyl (C=O) groups excluding carboxylic acids is 2. The lowest BCUT2D eigenvalue weighted by molar-refractivity contribution is -0.138. The Labute approximate surface area is 254 Å². The van der Waals surface area contributed by atoms with E-state index in [2.05, 4.69) is 0 Å². The summed E-state index contributed by atoms with van der Waals surface area (Å²) in [6.07, 6.45) is -0.966. The molecule has 0 bridgehead atoms. The minimum atomic E-state index is -4.64. The first-order valence-corrected chi connectivity index (χ1v) is 15.1. The lowest BCUT2D eigenvalue weighted by atomic mass is 9.81. The van der Waals surface area contributed by atoms with Crippen LogP contribution in [0.2, 0.25) is 10.0 Å². The number of likely N-dealkylation sites (N-methyl/N-ethyl adjacent to an activating group) is 1. The predicted octanol–water partition coefficient (Wildman–Crippen LogP) is 3.51. The number of ether oxygens (including phenoxy) is 2. The maximum absolute atomic E-state index is 15.1. The average molecular weight is 635 g/mol. The smallest absolute Gasteiger partial charge is 0.274 e. The fourth-order valence-corrected chi connectivity index (χ4v) is 7.88. The minimum absolute atomic E-state index is 0.0193. The molecule has 2 amide bonds. The van der Waals surface area contributed by atoms with Crippen molar-refractivity contribution in [3.8, 4) is 11.5 Å². The molecule has 3 atom stereocenters. The molecule has 0 unspecified atom stereocenters. The van der Waals surface area contributed by atoms with Crippen LogP contribution >= 0.6 is 23.2 Å². The summed E-state index contributed by atoms with van der Waals surface area (Å²) >= 11 is 13.2. The standard InChI is InChI=1S/C29H29Cl2N3O7S/c1-32(2)27(36)24-14-18(35)16-33(24)29(20-7-5-6-8-22(20)31)21-13-17(30)9-11-23(21)34(28(29)37)42(38,39)26-12-10-19(40-3)15-25(26)41-4/h5-13,15,18,24,35H,14,16H2,1-4H3/t18-,24+,29+/m1/s1. The molecule has 0 spiro atoms. The number of sulfonamides is 1. The van der Waals surface area contributed by atoms with Crippen molar-refractivity contribution in [2.45, 2.75) is 29.0 Å². The number of aliphatic hydroxyl groups is 1. The molecule has 0 aromatic heterocycles. The van der Waals surface area contributed by atoms with E-state index in [4.69, 9.17) is 32.7 Å². The summed E-state index contributed by atoms with van der Waals surface area (Å²) in [5.41, 5.74) is -1.47. The Balaban J connectivity index is 1.85. The van der Waals surface area contributed by atoms with Crippen molar-refractivity contribution < 1.29 is 32.6 Å². The lowest BCUT2D eigenvalue weighted by Crippen LogP contribution is -2.59.